The average Bonchev–Trinajstić information content (AvgIpc) is 3.01. The molecule has 4 rings (SSSR count). The monoisotopic (exact) mass is 420 g/mol. The van der Waals surface area contributed by atoms with Crippen molar-refractivity contribution in [1.29, 1.82) is 0 Å². The molecule has 0 amide bonds. The van der Waals surface area contributed by atoms with Crippen LogP contribution < -0.4 is 9.80 Å². The van der Waals surface area contributed by atoms with Crippen LogP contribution in [0, 0.1) is 5.92 Å². The molecule has 1 unspecified atom stereocenters. The van der Waals surface area contributed by atoms with Gasteiger partial charge in [-0.3, -0.25) is 0 Å². The second-order valence-corrected chi connectivity index (χ2v) is 6.18. The molecule has 2 aromatic carbocycles. The zero-order chi connectivity index (χ0) is 14.6. The summed E-state index contributed by atoms with van der Waals surface area (Å²) in [4.78, 5) is 4.52. The quantitative estimate of drug-likeness (QED) is 0.545. The Morgan fingerprint density at radius 3 is 2.22 bits per heavy atom. The molecule has 2 aliphatic heterocycles. The number of hydrogen-bond donors (Lipinski definition) is 0. The molecule has 23 heavy (non-hydrogen) atoms. The van der Waals surface area contributed by atoms with E-state index < -0.39 is 0 Å². The Balaban J connectivity index is 0.000000960. The van der Waals surface area contributed by atoms with Crippen molar-refractivity contribution < 1.29 is 32.7 Å². The van der Waals surface area contributed by atoms with Gasteiger partial charge in [-0.05, 0) is 29.3 Å². The van der Waals surface area contributed by atoms with Gasteiger partial charge in [0.2, 0.25) is 0 Å². The van der Waals surface area contributed by atoms with E-state index in [1.165, 1.54) is 17.2 Å². The molecule has 1 atom stereocenters. The van der Waals surface area contributed by atoms with Gasteiger partial charge in [0.25, 0.3) is 0 Å². The van der Waals surface area contributed by atoms with E-state index in [0.717, 1.165) is 15.7 Å². The first kappa shape index (κ1) is 18.7. The van der Waals surface area contributed by atoms with Crippen LogP contribution in [0.2, 0.25) is 10.0 Å². The number of benzene rings is 2. The van der Waals surface area contributed by atoms with E-state index in [-0.39, 0.29) is 46.3 Å². The Morgan fingerprint density at radius 1 is 0.913 bits per heavy atom. The summed E-state index contributed by atoms with van der Waals surface area (Å²) in [6, 6.07) is 14.0. The van der Waals surface area contributed by atoms with Crippen molar-refractivity contribution in [2.24, 2.45) is 0 Å². The van der Waals surface area contributed by atoms with Crippen LogP contribution in [0.25, 0.3) is 0 Å². The number of nitrogens with zero attached hydrogens (tertiary/aromatic N) is 2. The molecular weight excluding hydrogens is 404 g/mol. The van der Waals surface area contributed by atoms with Gasteiger partial charge in [0.1, 0.15) is 0 Å². The maximum atomic E-state index is 6.14. The number of fused-ring (bicyclic) bond motifs is 3. The van der Waals surface area contributed by atoms with Crippen molar-refractivity contribution in [3.63, 3.8) is 0 Å². The SMILES string of the molecule is C.C[C-]1c2cc(Cl)ccc2N2C=CN(c3ccc(Cl)cc3)C12.[Y]. The molecule has 0 bridgehead atoms. The molecule has 0 aromatic heterocycles. The van der Waals surface area contributed by atoms with Crippen molar-refractivity contribution in [3.8, 4) is 0 Å². The average molecular weight is 421 g/mol. The molecule has 2 aromatic rings. The van der Waals surface area contributed by atoms with Crippen LogP contribution in [0.1, 0.15) is 19.9 Å². The van der Waals surface area contributed by atoms with E-state index in [1.54, 1.807) is 0 Å². The molecule has 0 fully saturated rings. The van der Waals surface area contributed by atoms with Crippen LogP contribution >= 0.6 is 23.2 Å². The summed E-state index contributed by atoms with van der Waals surface area (Å²) in [6.07, 6.45) is 4.40. The van der Waals surface area contributed by atoms with Crippen molar-refractivity contribution >= 4 is 34.6 Å². The maximum absolute atomic E-state index is 6.14. The fraction of sp³-hybridized carbons (Fsp3) is 0.167. The van der Waals surface area contributed by atoms with E-state index in [2.05, 4.69) is 35.2 Å². The van der Waals surface area contributed by atoms with Crippen molar-refractivity contribution in [1.82, 2.24) is 0 Å². The first-order chi connectivity index (χ1) is 10.1. The van der Waals surface area contributed by atoms with E-state index in [0.29, 0.717) is 0 Å². The fourth-order valence-electron chi connectivity index (χ4n) is 3.10. The molecule has 2 nitrogen and oxygen atoms in total. The third kappa shape index (κ3) is 3.03. The molecular formula is C18H17Cl2N2Y-. The Bertz CT molecular complexity index is 730. The Morgan fingerprint density at radius 2 is 1.52 bits per heavy atom. The summed E-state index contributed by atoms with van der Waals surface area (Å²) >= 11 is 12.1. The Labute approximate surface area is 172 Å². The summed E-state index contributed by atoms with van der Waals surface area (Å²) in [5, 5.41) is 1.53. The van der Waals surface area contributed by atoms with Gasteiger partial charge in [-0.2, -0.15) is 5.56 Å². The molecule has 0 spiro atoms. The zero-order valence-electron chi connectivity index (χ0n) is 12.0. The standard InChI is InChI=1S/C17H13Cl2N2.CH4.Y/c1-11-15-10-13(19)4-7-16(15)21-9-8-20(17(11)21)14-5-2-12(18)3-6-14;;/h2-10,17H,1H3;1H4;/q-1;;. The van der Waals surface area contributed by atoms with Gasteiger partial charge in [-0.1, -0.05) is 55.4 Å². The summed E-state index contributed by atoms with van der Waals surface area (Å²) < 4.78 is 0. The molecule has 0 saturated carbocycles. The first-order valence-electron chi connectivity index (χ1n) is 6.79. The van der Waals surface area contributed by atoms with Gasteiger partial charge in [0, 0.05) is 55.8 Å². The second kappa shape index (κ2) is 7.07. The van der Waals surface area contributed by atoms with Gasteiger partial charge < -0.3 is 9.80 Å². The molecule has 5 heteroatoms. The minimum Gasteiger partial charge on any atom is -0.386 e. The predicted molar refractivity (Wildman–Crippen MR) is 95.5 cm³/mol. The topological polar surface area (TPSA) is 6.48 Å². The van der Waals surface area contributed by atoms with Crippen molar-refractivity contribution in [2.45, 2.75) is 20.5 Å². The Kier molecular flexibility index (Phi) is 5.73. The minimum absolute atomic E-state index is 0. The third-order valence-corrected chi connectivity index (χ3v) is 4.58. The van der Waals surface area contributed by atoms with Crippen LogP contribution in [0.4, 0.5) is 11.4 Å². The van der Waals surface area contributed by atoms with Gasteiger partial charge in [0.15, 0.2) is 0 Å². The summed E-state index contributed by atoms with van der Waals surface area (Å²) in [6.45, 7) is 2.16. The smallest absolute Gasteiger partial charge is 0.0761 e. The van der Waals surface area contributed by atoms with Gasteiger partial charge in [0.05, 0.1) is 6.17 Å². The third-order valence-electron chi connectivity index (χ3n) is 4.09. The molecule has 0 saturated heterocycles. The predicted octanol–water partition coefficient (Wildman–Crippen LogP) is 5.71. The van der Waals surface area contributed by atoms with Crippen LogP contribution in [0.3, 0.4) is 0 Å². The van der Waals surface area contributed by atoms with Crippen LogP contribution in [-0.4, -0.2) is 6.17 Å². The number of anilines is 2. The minimum atomic E-state index is 0. The number of hydrogen-bond acceptors (Lipinski definition) is 2. The normalized spacial score (nSPS) is 17.5. The van der Waals surface area contributed by atoms with Crippen molar-refractivity contribution in [2.75, 3.05) is 9.80 Å². The van der Waals surface area contributed by atoms with Crippen molar-refractivity contribution in [3.05, 3.63) is 76.4 Å². The number of rotatable bonds is 1. The van der Waals surface area contributed by atoms with Gasteiger partial charge in [-0.15, -0.1) is 12.0 Å². The fourth-order valence-corrected chi connectivity index (χ4v) is 3.40. The molecule has 117 valence electrons. The zero-order valence-corrected chi connectivity index (χ0v) is 16.4. The van der Waals surface area contributed by atoms with Gasteiger partial charge >= 0.3 is 0 Å². The largest absolute Gasteiger partial charge is 0.386 e. The summed E-state index contributed by atoms with van der Waals surface area (Å²) in [5.74, 6) is 1.30. The Hall–Kier alpha value is -0.666. The summed E-state index contributed by atoms with van der Waals surface area (Å²) in [5.41, 5.74) is 3.55. The maximum Gasteiger partial charge on any atom is 0.0761 e. The van der Waals surface area contributed by atoms with E-state index >= 15 is 0 Å². The molecule has 0 aliphatic carbocycles. The second-order valence-electron chi connectivity index (χ2n) is 5.31. The van der Waals surface area contributed by atoms with E-state index in [1.807, 2.05) is 36.4 Å². The van der Waals surface area contributed by atoms with Crippen LogP contribution in [-0.2, 0) is 32.7 Å². The molecule has 2 heterocycles. The first-order valence-corrected chi connectivity index (χ1v) is 7.55. The van der Waals surface area contributed by atoms with E-state index in [4.69, 9.17) is 23.2 Å². The van der Waals surface area contributed by atoms with Crippen LogP contribution in [0.5, 0.6) is 0 Å². The number of halogens is 2. The molecule has 0 N–H and O–H groups in total. The van der Waals surface area contributed by atoms with E-state index in [9.17, 15) is 0 Å². The molecule has 1 radical (unpaired) electrons. The van der Waals surface area contributed by atoms with Gasteiger partial charge in [-0.25, -0.2) is 0 Å². The van der Waals surface area contributed by atoms with Crippen LogP contribution in [0.15, 0.2) is 54.9 Å². The summed E-state index contributed by atoms with van der Waals surface area (Å²) in [7, 11) is 0. The molecule has 2 aliphatic rings.